The molecule has 2 aromatic rings. The predicted octanol–water partition coefficient (Wildman–Crippen LogP) is 2.28. The third-order valence-electron chi connectivity index (χ3n) is 4.63. The van der Waals surface area contributed by atoms with Crippen LogP contribution in [-0.2, 0) is 4.79 Å². The third-order valence-corrected chi connectivity index (χ3v) is 5.93. The Balaban J connectivity index is 1.56. The second-order valence-corrected chi connectivity index (χ2v) is 7.55. The predicted molar refractivity (Wildman–Crippen MR) is 97.5 cm³/mol. The van der Waals surface area contributed by atoms with Gasteiger partial charge < -0.3 is 4.90 Å². The minimum Gasteiger partial charge on any atom is -0.307 e. The Kier molecular flexibility index (Phi) is 4.34. The van der Waals surface area contributed by atoms with E-state index in [-0.39, 0.29) is 11.9 Å². The van der Waals surface area contributed by atoms with Crippen LogP contribution in [0.2, 0.25) is 5.02 Å². The Labute approximate surface area is 154 Å². The van der Waals surface area contributed by atoms with Crippen LogP contribution in [-0.4, -0.2) is 59.5 Å². The molecule has 8 heteroatoms. The monoisotopic (exact) mass is 373 g/mol. The zero-order valence-corrected chi connectivity index (χ0v) is 15.0. The number of rotatable bonds is 2. The lowest BCUT2D eigenvalue weighted by atomic mass is 10.1. The summed E-state index contributed by atoms with van der Waals surface area (Å²) in [6, 6.07) is 7.35. The van der Waals surface area contributed by atoms with Crippen LogP contribution in [0.3, 0.4) is 0 Å². The van der Waals surface area contributed by atoms with E-state index in [1.54, 1.807) is 16.0 Å². The van der Waals surface area contributed by atoms with Crippen LogP contribution >= 0.6 is 22.9 Å². The quantitative estimate of drug-likeness (QED) is 0.756. The van der Waals surface area contributed by atoms with Gasteiger partial charge in [0.05, 0.1) is 11.4 Å². The van der Waals surface area contributed by atoms with Gasteiger partial charge in [-0.15, -0.1) is 0 Å². The molecule has 2 aliphatic heterocycles. The van der Waals surface area contributed by atoms with E-state index < -0.39 is 0 Å². The van der Waals surface area contributed by atoms with E-state index >= 15 is 0 Å². The number of amides is 1. The normalized spacial score (nSPS) is 21.1. The van der Waals surface area contributed by atoms with Gasteiger partial charge in [0.25, 0.3) is 0 Å². The van der Waals surface area contributed by atoms with Crippen molar-refractivity contribution in [2.24, 2.45) is 0 Å². The van der Waals surface area contributed by atoms with Gasteiger partial charge in [0.1, 0.15) is 6.04 Å². The number of aromatic nitrogens is 1. The van der Waals surface area contributed by atoms with Crippen LogP contribution in [0.4, 0.5) is 5.13 Å². The first-order valence-electron chi connectivity index (χ1n) is 8.07. The van der Waals surface area contributed by atoms with Crippen LogP contribution in [0, 0.1) is 11.5 Å². The van der Waals surface area contributed by atoms with Crippen LogP contribution in [0.25, 0.3) is 10.4 Å². The van der Waals surface area contributed by atoms with E-state index in [1.165, 1.54) is 11.3 Å². The topological polar surface area (TPSA) is 63.5 Å². The summed E-state index contributed by atoms with van der Waals surface area (Å²) in [5, 5.41) is 10.5. The number of carbonyl (C=O) groups excluding carboxylic acids is 1. The van der Waals surface area contributed by atoms with E-state index in [9.17, 15) is 4.79 Å². The highest BCUT2D eigenvalue weighted by molar-refractivity contribution is 7.19. The fourth-order valence-corrected chi connectivity index (χ4v) is 4.42. The van der Waals surface area contributed by atoms with Crippen LogP contribution in [0.5, 0.6) is 0 Å². The second-order valence-electron chi connectivity index (χ2n) is 6.11. The second kappa shape index (κ2) is 6.64. The molecule has 25 heavy (non-hydrogen) atoms. The molecular weight excluding hydrogens is 358 g/mol. The van der Waals surface area contributed by atoms with E-state index in [2.05, 4.69) is 16.1 Å². The number of thiazole rings is 1. The van der Waals surface area contributed by atoms with Crippen molar-refractivity contribution in [1.29, 1.82) is 5.26 Å². The Bertz CT molecular complexity index is 848. The summed E-state index contributed by atoms with van der Waals surface area (Å²) >= 11 is 7.55. The summed E-state index contributed by atoms with van der Waals surface area (Å²) in [4.78, 5) is 23.9. The standard InChI is InChI=1S/C17H16ClN5OS/c18-13-3-1-2-12(8-13)15-9-20-17(25-15)23-7-6-22-5-4-21(11-19)10-14(22)16(23)24/h1-3,8-9,14H,4-7,10H2/t14-/m0/s1. The zero-order valence-electron chi connectivity index (χ0n) is 13.4. The lowest BCUT2D eigenvalue weighted by Gasteiger charge is -2.44. The van der Waals surface area contributed by atoms with E-state index in [0.29, 0.717) is 29.8 Å². The molecule has 0 unspecified atom stereocenters. The molecule has 2 aliphatic rings. The number of nitriles is 1. The maximum Gasteiger partial charge on any atom is 0.248 e. The number of hydrogen-bond donors (Lipinski definition) is 0. The van der Waals surface area contributed by atoms with Crippen molar-refractivity contribution in [3.05, 3.63) is 35.5 Å². The third kappa shape index (κ3) is 3.09. The van der Waals surface area contributed by atoms with E-state index in [1.807, 2.05) is 24.3 Å². The lowest BCUT2D eigenvalue weighted by molar-refractivity contribution is -0.127. The Morgan fingerprint density at radius 2 is 2.12 bits per heavy atom. The maximum absolute atomic E-state index is 12.9. The fraction of sp³-hybridized carbons (Fsp3) is 0.353. The van der Waals surface area contributed by atoms with Gasteiger partial charge in [0.2, 0.25) is 5.91 Å². The maximum atomic E-state index is 12.9. The molecule has 6 nitrogen and oxygen atoms in total. The number of fused-ring (bicyclic) bond motifs is 1. The number of piperazine rings is 2. The molecule has 1 aromatic heterocycles. The minimum absolute atomic E-state index is 0.0261. The number of nitrogens with zero attached hydrogens (tertiary/aromatic N) is 5. The Hall–Kier alpha value is -2.14. The van der Waals surface area contributed by atoms with Crippen LogP contribution < -0.4 is 4.90 Å². The number of hydrogen-bond acceptors (Lipinski definition) is 6. The molecule has 2 saturated heterocycles. The van der Waals surface area contributed by atoms with Crippen molar-refractivity contribution in [1.82, 2.24) is 14.8 Å². The molecule has 1 amide bonds. The highest BCUT2D eigenvalue weighted by Crippen LogP contribution is 2.33. The van der Waals surface area contributed by atoms with Crippen LogP contribution in [0.15, 0.2) is 30.5 Å². The van der Waals surface area contributed by atoms with Crippen LogP contribution in [0.1, 0.15) is 0 Å². The zero-order chi connectivity index (χ0) is 17.4. The lowest BCUT2D eigenvalue weighted by Crippen LogP contribution is -2.64. The largest absolute Gasteiger partial charge is 0.307 e. The van der Waals surface area contributed by atoms with Gasteiger partial charge >= 0.3 is 0 Å². The highest BCUT2D eigenvalue weighted by Gasteiger charge is 2.39. The Morgan fingerprint density at radius 1 is 1.28 bits per heavy atom. The summed E-state index contributed by atoms with van der Waals surface area (Å²) in [6.45, 7) is 3.34. The number of halogens is 1. The summed E-state index contributed by atoms with van der Waals surface area (Å²) < 4.78 is 0. The summed E-state index contributed by atoms with van der Waals surface area (Å²) in [5.74, 6) is 0.0261. The molecule has 1 atom stereocenters. The van der Waals surface area contributed by atoms with Gasteiger partial charge in [-0.25, -0.2) is 4.98 Å². The average molecular weight is 374 g/mol. The molecule has 4 rings (SSSR count). The van der Waals surface area contributed by atoms with Crippen molar-refractivity contribution < 1.29 is 4.79 Å². The van der Waals surface area contributed by atoms with Crippen molar-refractivity contribution in [2.75, 3.05) is 37.6 Å². The van der Waals surface area contributed by atoms with Gasteiger partial charge in [0.15, 0.2) is 11.3 Å². The number of benzene rings is 1. The Morgan fingerprint density at radius 3 is 2.92 bits per heavy atom. The van der Waals surface area contributed by atoms with Gasteiger partial charge in [-0.2, -0.15) is 5.26 Å². The first-order chi connectivity index (χ1) is 12.2. The molecule has 0 aliphatic carbocycles. The number of carbonyl (C=O) groups is 1. The van der Waals surface area contributed by atoms with Gasteiger partial charge in [0, 0.05) is 37.4 Å². The SMILES string of the molecule is N#CN1CCN2CCN(c3ncc(-c4cccc(Cl)c4)s3)C(=O)[C@@H]2C1. The van der Waals surface area contributed by atoms with Gasteiger partial charge in [-0.05, 0) is 17.7 Å². The molecule has 0 bridgehead atoms. The summed E-state index contributed by atoms with van der Waals surface area (Å²) in [6.07, 6.45) is 3.94. The van der Waals surface area contributed by atoms with Crippen molar-refractivity contribution in [3.63, 3.8) is 0 Å². The molecule has 0 N–H and O–H groups in total. The van der Waals surface area contributed by atoms with E-state index in [4.69, 9.17) is 16.9 Å². The summed E-state index contributed by atoms with van der Waals surface area (Å²) in [7, 11) is 0. The molecule has 0 spiro atoms. The molecule has 0 radical (unpaired) electrons. The van der Waals surface area contributed by atoms with Gasteiger partial charge in [-0.3, -0.25) is 14.6 Å². The first-order valence-corrected chi connectivity index (χ1v) is 9.27. The summed E-state index contributed by atoms with van der Waals surface area (Å²) in [5.41, 5.74) is 0.996. The minimum atomic E-state index is -0.263. The average Bonchev–Trinajstić information content (AvgIpc) is 3.12. The van der Waals surface area contributed by atoms with Crippen molar-refractivity contribution >= 4 is 34.0 Å². The number of anilines is 1. The molecular formula is C17H16ClN5OS. The highest BCUT2D eigenvalue weighted by atomic mass is 35.5. The molecule has 128 valence electrons. The first kappa shape index (κ1) is 16.3. The smallest absolute Gasteiger partial charge is 0.248 e. The van der Waals surface area contributed by atoms with E-state index in [0.717, 1.165) is 23.5 Å². The molecule has 0 saturated carbocycles. The van der Waals surface area contributed by atoms with Crippen molar-refractivity contribution in [3.8, 4) is 16.6 Å². The van der Waals surface area contributed by atoms with Gasteiger partial charge in [-0.1, -0.05) is 35.1 Å². The fourth-order valence-electron chi connectivity index (χ4n) is 3.29. The molecule has 1 aromatic carbocycles. The van der Waals surface area contributed by atoms with Crippen molar-refractivity contribution in [2.45, 2.75) is 6.04 Å². The molecule has 3 heterocycles. The molecule has 2 fully saturated rings.